The van der Waals surface area contributed by atoms with Gasteiger partial charge in [0.1, 0.15) is 5.75 Å². The van der Waals surface area contributed by atoms with Crippen molar-refractivity contribution in [3.05, 3.63) is 29.3 Å². The fourth-order valence-electron chi connectivity index (χ4n) is 3.72. The van der Waals surface area contributed by atoms with Gasteiger partial charge in [-0.2, -0.15) is 0 Å². The van der Waals surface area contributed by atoms with Crippen molar-refractivity contribution >= 4 is 5.91 Å². The van der Waals surface area contributed by atoms with Crippen molar-refractivity contribution in [2.24, 2.45) is 5.92 Å². The van der Waals surface area contributed by atoms with E-state index in [0.29, 0.717) is 25.2 Å². The Balaban J connectivity index is 1.80. The molecule has 2 aliphatic heterocycles. The Morgan fingerprint density at radius 3 is 2.96 bits per heavy atom. The lowest BCUT2D eigenvalue weighted by molar-refractivity contribution is -0.0589. The van der Waals surface area contributed by atoms with E-state index in [0.717, 1.165) is 30.7 Å². The van der Waals surface area contributed by atoms with Crippen molar-refractivity contribution in [1.29, 1.82) is 0 Å². The molecule has 0 aliphatic carbocycles. The highest BCUT2D eigenvalue weighted by Crippen LogP contribution is 2.31. The number of carbonyl (C=O) groups excluding carboxylic acids is 1. The van der Waals surface area contributed by atoms with Crippen LogP contribution in [0.2, 0.25) is 0 Å². The molecule has 2 heterocycles. The highest BCUT2D eigenvalue weighted by molar-refractivity contribution is 5.95. The van der Waals surface area contributed by atoms with Gasteiger partial charge in [0.15, 0.2) is 0 Å². The largest absolute Gasteiger partial charge is 0.496 e. The molecule has 5 nitrogen and oxygen atoms in total. The maximum Gasteiger partial charge on any atom is 0.254 e. The standard InChI is InChI=1S/C18H25NO4/c1-12-5-6-13(10-17(12)22-2)18(21)19-8-3-4-15(19)14-11-23-9-7-16(14)20/h5-6,10,14-16,20H,3-4,7-9,11H2,1-2H3/t14-,15+,16+/m0/s1. The number of hydrogen-bond donors (Lipinski definition) is 1. The molecular formula is C18H25NO4. The first kappa shape index (κ1) is 16.3. The van der Waals surface area contributed by atoms with Gasteiger partial charge in [0.25, 0.3) is 5.91 Å². The molecule has 1 aromatic carbocycles. The van der Waals surface area contributed by atoms with Crippen molar-refractivity contribution in [3.8, 4) is 5.75 Å². The van der Waals surface area contributed by atoms with E-state index in [-0.39, 0.29) is 24.0 Å². The maximum absolute atomic E-state index is 12.9. The minimum Gasteiger partial charge on any atom is -0.496 e. The molecule has 3 atom stereocenters. The van der Waals surface area contributed by atoms with Crippen LogP contribution in [0.3, 0.4) is 0 Å². The average Bonchev–Trinajstić information content (AvgIpc) is 3.04. The molecule has 126 valence electrons. The predicted molar refractivity (Wildman–Crippen MR) is 86.7 cm³/mol. The molecule has 23 heavy (non-hydrogen) atoms. The van der Waals surface area contributed by atoms with Crippen LogP contribution in [0.25, 0.3) is 0 Å². The van der Waals surface area contributed by atoms with Crippen molar-refractivity contribution in [2.45, 2.75) is 38.3 Å². The van der Waals surface area contributed by atoms with Crippen LogP contribution in [-0.4, -0.2) is 54.9 Å². The second kappa shape index (κ2) is 6.89. The third-order valence-electron chi connectivity index (χ3n) is 5.07. The summed E-state index contributed by atoms with van der Waals surface area (Å²) in [5.41, 5.74) is 1.66. The van der Waals surface area contributed by atoms with E-state index in [1.54, 1.807) is 13.2 Å². The van der Waals surface area contributed by atoms with E-state index in [4.69, 9.17) is 9.47 Å². The van der Waals surface area contributed by atoms with Gasteiger partial charge in [0, 0.05) is 30.7 Å². The summed E-state index contributed by atoms with van der Waals surface area (Å²) in [4.78, 5) is 14.8. The van der Waals surface area contributed by atoms with E-state index < -0.39 is 0 Å². The molecule has 5 heteroatoms. The van der Waals surface area contributed by atoms with Gasteiger partial charge in [-0.25, -0.2) is 0 Å². The molecule has 0 aromatic heterocycles. The van der Waals surface area contributed by atoms with E-state index in [1.807, 2.05) is 24.0 Å². The first-order chi connectivity index (χ1) is 11.1. The summed E-state index contributed by atoms with van der Waals surface area (Å²) < 4.78 is 10.9. The Kier molecular flexibility index (Phi) is 4.87. The fraction of sp³-hybridized carbons (Fsp3) is 0.611. The number of aliphatic hydroxyl groups excluding tert-OH is 1. The lowest BCUT2D eigenvalue weighted by Gasteiger charge is -2.37. The first-order valence-corrected chi connectivity index (χ1v) is 8.33. The monoisotopic (exact) mass is 319 g/mol. The zero-order chi connectivity index (χ0) is 16.4. The summed E-state index contributed by atoms with van der Waals surface area (Å²) in [6.07, 6.45) is 2.18. The van der Waals surface area contributed by atoms with E-state index in [1.165, 1.54) is 0 Å². The highest BCUT2D eigenvalue weighted by atomic mass is 16.5. The lowest BCUT2D eigenvalue weighted by atomic mass is 9.89. The number of ether oxygens (including phenoxy) is 2. The number of rotatable bonds is 3. The Hall–Kier alpha value is -1.59. The van der Waals surface area contributed by atoms with Crippen LogP contribution >= 0.6 is 0 Å². The molecule has 2 aliphatic rings. The molecule has 2 fully saturated rings. The van der Waals surface area contributed by atoms with Crippen LogP contribution in [0.4, 0.5) is 0 Å². The van der Waals surface area contributed by atoms with Crippen LogP contribution in [0.15, 0.2) is 18.2 Å². The molecule has 1 amide bonds. The van der Waals surface area contributed by atoms with Gasteiger partial charge >= 0.3 is 0 Å². The third kappa shape index (κ3) is 3.21. The number of amides is 1. The fourth-order valence-corrected chi connectivity index (χ4v) is 3.72. The quantitative estimate of drug-likeness (QED) is 0.926. The van der Waals surface area contributed by atoms with Gasteiger partial charge in [-0.3, -0.25) is 4.79 Å². The first-order valence-electron chi connectivity index (χ1n) is 8.33. The summed E-state index contributed by atoms with van der Waals surface area (Å²) in [7, 11) is 1.62. The van der Waals surface area contributed by atoms with Gasteiger partial charge in [-0.15, -0.1) is 0 Å². The molecular weight excluding hydrogens is 294 g/mol. The lowest BCUT2D eigenvalue weighted by Crippen LogP contribution is -2.48. The summed E-state index contributed by atoms with van der Waals surface area (Å²) in [5, 5.41) is 10.3. The summed E-state index contributed by atoms with van der Waals surface area (Å²) in [6.45, 7) is 3.84. The molecule has 0 unspecified atom stereocenters. The number of hydrogen-bond acceptors (Lipinski definition) is 4. The zero-order valence-electron chi connectivity index (χ0n) is 13.8. The van der Waals surface area contributed by atoms with Crippen LogP contribution < -0.4 is 4.74 Å². The SMILES string of the molecule is COc1cc(C(=O)N2CCC[C@@H]2[C@@H]2COCC[C@H]2O)ccc1C. The van der Waals surface area contributed by atoms with E-state index in [9.17, 15) is 9.90 Å². The number of methoxy groups -OCH3 is 1. The molecule has 3 rings (SSSR count). The van der Waals surface area contributed by atoms with Gasteiger partial charge in [-0.05, 0) is 43.9 Å². The summed E-state index contributed by atoms with van der Waals surface area (Å²) >= 11 is 0. The average molecular weight is 319 g/mol. The summed E-state index contributed by atoms with van der Waals surface area (Å²) in [6, 6.07) is 5.63. The second-order valence-electron chi connectivity index (χ2n) is 6.49. The number of likely N-dealkylation sites (tertiary alicyclic amines) is 1. The Morgan fingerprint density at radius 2 is 2.22 bits per heavy atom. The predicted octanol–water partition coefficient (Wildman–Crippen LogP) is 2.01. The van der Waals surface area contributed by atoms with Crippen LogP contribution in [0.5, 0.6) is 5.75 Å². The topological polar surface area (TPSA) is 59.0 Å². The minimum absolute atomic E-state index is 0.0162. The minimum atomic E-state index is -0.380. The molecule has 0 spiro atoms. The second-order valence-corrected chi connectivity index (χ2v) is 6.49. The third-order valence-corrected chi connectivity index (χ3v) is 5.07. The number of nitrogens with zero attached hydrogens (tertiary/aromatic N) is 1. The molecule has 0 radical (unpaired) electrons. The van der Waals surface area contributed by atoms with E-state index in [2.05, 4.69) is 0 Å². The van der Waals surface area contributed by atoms with Gasteiger partial charge in [0.2, 0.25) is 0 Å². The van der Waals surface area contributed by atoms with Gasteiger partial charge in [0.05, 0.1) is 19.8 Å². The van der Waals surface area contributed by atoms with Gasteiger partial charge in [-0.1, -0.05) is 6.07 Å². The smallest absolute Gasteiger partial charge is 0.254 e. The number of aliphatic hydroxyl groups is 1. The molecule has 0 saturated carbocycles. The molecule has 2 saturated heterocycles. The summed E-state index contributed by atoms with van der Waals surface area (Å²) in [5.74, 6) is 0.763. The normalized spacial score (nSPS) is 28.0. The number of benzene rings is 1. The van der Waals surface area contributed by atoms with Crippen LogP contribution in [0.1, 0.15) is 35.2 Å². The molecule has 0 bridgehead atoms. The van der Waals surface area contributed by atoms with Crippen molar-refractivity contribution in [3.63, 3.8) is 0 Å². The van der Waals surface area contributed by atoms with E-state index >= 15 is 0 Å². The zero-order valence-corrected chi connectivity index (χ0v) is 13.8. The maximum atomic E-state index is 12.9. The Labute approximate surface area is 137 Å². The highest BCUT2D eigenvalue weighted by Gasteiger charge is 2.39. The van der Waals surface area contributed by atoms with Crippen molar-refractivity contribution in [1.82, 2.24) is 4.90 Å². The van der Waals surface area contributed by atoms with Gasteiger partial charge < -0.3 is 19.5 Å². The van der Waals surface area contributed by atoms with Crippen molar-refractivity contribution < 1.29 is 19.4 Å². The number of carbonyl (C=O) groups is 1. The Bertz CT molecular complexity index is 574. The van der Waals surface area contributed by atoms with Crippen LogP contribution in [-0.2, 0) is 4.74 Å². The Morgan fingerprint density at radius 1 is 1.39 bits per heavy atom. The van der Waals surface area contributed by atoms with Crippen LogP contribution in [0, 0.1) is 12.8 Å². The van der Waals surface area contributed by atoms with Crippen molar-refractivity contribution in [2.75, 3.05) is 26.9 Å². The molecule has 1 N–H and O–H groups in total. The molecule has 1 aromatic rings. The number of aryl methyl sites for hydroxylation is 1.